The van der Waals surface area contributed by atoms with Crippen molar-refractivity contribution in [1.82, 2.24) is 33.9 Å². The van der Waals surface area contributed by atoms with E-state index in [1.54, 1.807) is 15.6 Å². The fourth-order valence-corrected chi connectivity index (χ4v) is 4.86. The summed E-state index contributed by atoms with van der Waals surface area (Å²) in [5.74, 6) is 0.605. The maximum Gasteiger partial charge on any atom is 0.329 e. The van der Waals surface area contributed by atoms with Crippen molar-refractivity contribution in [2.75, 3.05) is 0 Å². The SMILES string of the molecule is Cn1cnc(-c2ccc(-c3ccc4ncc5c(c4c3)n(C3CCCC3)c(=O)n5C)cn2)n1. The Balaban J connectivity index is 1.51. The number of aromatic nitrogens is 7. The number of hydrogen-bond donors (Lipinski definition) is 0. The summed E-state index contributed by atoms with van der Waals surface area (Å²) in [6, 6.07) is 10.4. The summed E-state index contributed by atoms with van der Waals surface area (Å²) < 4.78 is 5.39. The Morgan fingerprint density at radius 3 is 2.47 bits per heavy atom. The normalized spacial score (nSPS) is 14.7. The van der Waals surface area contributed by atoms with Gasteiger partial charge in [0.05, 0.1) is 22.7 Å². The Labute approximate surface area is 184 Å². The van der Waals surface area contributed by atoms with Crippen LogP contribution in [0.5, 0.6) is 0 Å². The second kappa shape index (κ2) is 7.12. The Hall–Kier alpha value is -3.81. The topological polar surface area (TPSA) is 83.4 Å². The van der Waals surface area contributed by atoms with Crippen LogP contribution in [0.15, 0.2) is 53.8 Å². The van der Waals surface area contributed by atoms with Gasteiger partial charge in [-0.1, -0.05) is 25.0 Å². The summed E-state index contributed by atoms with van der Waals surface area (Å²) in [6.07, 6.45) is 9.77. The number of imidazole rings is 1. The third-order valence-corrected chi connectivity index (χ3v) is 6.53. The molecule has 0 aliphatic heterocycles. The van der Waals surface area contributed by atoms with Crippen LogP contribution in [0.4, 0.5) is 0 Å². The number of pyridine rings is 2. The molecule has 0 N–H and O–H groups in total. The van der Waals surface area contributed by atoms with Crippen LogP contribution >= 0.6 is 0 Å². The van der Waals surface area contributed by atoms with Gasteiger partial charge in [0.25, 0.3) is 0 Å². The maximum absolute atomic E-state index is 13.1. The van der Waals surface area contributed by atoms with Crippen molar-refractivity contribution < 1.29 is 0 Å². The highest BCUT2D eigenvalue weighted by Crippen LogP contribution is 2.34. The molecule has 4 heterocycles. The van der Waals surface area contributed by atoms with Crippen LogP contribution in [0.2, 0.25) is 0 Å². The summed E-state index contributed by atoms with van der Waals surface area (Å²) >= 11 is 0. The third-order valence-electron chi connectivity index (χ3n) is 6.53. The second-order valence-corrected chi connectivity index (χ2v) is 8.55. The quantitative estimate of drug-likeness (QED) is 0.438. The first-order valence-electron chi connectivity index (χ1n) is 10.9. The molecule has 32 heavy (non-hydrogen) atoms. The van der Waals surface area contributed by atoms with Gasteiger partial charge in [-0.05, 0) is 36.6 Å². The Bertz CT molecular complexity index is 1520. The molecule has 0 radical (unpaired) electrons. The summed E-state index contributed by atoms with van der Waals surface area (Å²) in [4.78, 5) is 26.6. The molecule has 0 amide bonds. The maximum atomic E-state index is 13.1. The lowest BCUT2D eigenvalue weighted by Gasteiger charge is -2.13. The molecule has 1 aliphatic rings. The first-order valence-corrected chi connectivity index (χ1v) is 10.9. The fourth-order valence-electron chi connectivity index (χ4n) is 4.86. The molecule has 5 aromatic rings. The van der Waals surface area contributed by atoms with E-state index in [-0.39, 0.29) is 11.7 Å². The van der Waals surface area contributed by atoms with Gasteiger partial charge in [0.15, 0.2) is 5.82 Å². The molecule has 4 aromatic heterocycles. The van der Waals surface area contributed by atoms with Crippen LogP contribution in [0.25, 0.3) is 44.6 Å². The van der Waals surface area contributed by atoms with Gasteiger partial charge >= 0.3 is 5.69 Å². The van der Waals surface area contributed by atoms with E-state index in [1.807, 2.05) is 49.3 Å². The monoisotopic (exact) mass is 425 g/mol. The van der Waals surface area contributed by atoms with Gasteiger partial charge in [-0.25, -0.2) is 9.78 Å². The van der Waals surface area contributed by atoms with Crippen molar-refractivity contribution >= 4 is 21.9 Å². The smallest absolute Gasteiger partial charge is 0.293 e. The number of benzene rings is 1. The van der Waals surface area contributed by atoms with Gasteiger partial charge in [-0.3, -0.25) is 23.8 Å². The highest BCUT2D eigenvalue weighted by atomic mass is 16.1. The van der Waals surface area contributed by atoms with Crippen molar-refractivity contribution in [3.05, 3.63) is 59.5 Å². The highest BCUT2D eigenvalue weighted by Gasteiger charge is 2.24. The van der Waals surface area contributed by atoms with E-state index in [0.29, 0.717) is 5.82 Å². The predicted molar refractivity (Wildman–Crippen MR) is 123 cm³/mol. The molecule has 0 unspecified atom stereocenters. The number of nitrogens with zero attached hydrogens (tertiary/aromatic N) is 7. The van der Waals surface area contributed by atoms with Gasteiger partial charge in [-0.2, -0.15) is 0 Å². The second-order valence-electron chi connectivity index (χ2n) is 8.55. The van der Waals surface area contributed by atoms with E-state index in [2.05, 4.69) is 32.2 Å². The standard InChI is InChI=1S/C24H23N7O/c1-29-14-27-23(28-29)20-10-8-16(12-25-20)15-7-9-19-18(11-15)22-21(13-26-19)30(2)24(32)31(22)17-5-3-4-6-17/h7-14,17H,3-6H2,1-2H3. The molecule has 0 atom stereocenters. The lowest BCUT2D eigenvalue weighted by molar-refractivity contribution is 0.510. The average Bonchev–Trinajstić information content (AvgIpc) is 3.55. The Morgan fingerprint density at radius 1 is 0.938 bits per heavy atom. The van der Waals surface area contributed by atoms with Crippen molar-refractivity contribution in [2.24, 2.45) is 14.1 Å². The first kappa shape index (κ1) is 18.9. The zero-order chi connectivity index (χ0) is 21.8. The zero-order valence-corrected chi connectivity index (χ0v) is 18.1. The number of rotatable bonds is 3. The lowest BCUT2D eigenvalue weighted by atomic mass is 10.0. The molecular formula is C24H23N7O. The molecule has 1 aliphatic carbocycles. The molecule has 1 fully saturated rings. The highest BCUT2D eigenvalue weighted by molar-refractivity contribution is 6.04. The van der Waals surface area contributed by atoms with Crippen molar-refractivity contribution in [3.63, 3.8) is 0 Å². The third kappa shape index (κ3) is 2.86. The van der Waals surface area contributed by atoms with Crippen LogP contribution < -0.4 is 5.69 Å². The largest absolute Gasteiger partial charge is 0.329 e. The van der Waals surface area contributed by atoms with Crippen LogP contribution in [-0.2, 0) is 14.1 Å². The Kier molecular flexibility index (Phi) is 4.21. The number of hydrogen-bond acceptors (Lipinski definition) is 5. The van der Waals surface area contributed by atoms with E-state index in [4.69, 9.17) is 0 Å². The lowest BCUT2D eigenvalue weighted by Crippen LogP contribution is -2.24. The summed E-state index contributed by atoms with van der Waals surface area (Å²) in [6.45, 7) is 0. The molecule has 6 rings (SSSR count). The van der Waals surface area contributed by atoms with E-state index in [0.717, 1.165) is 51.6 Å². The molecule has 8 nitrogen and oxygen atoms in total. The van der Waals surface area contributed by atoms with Crippen LogP contribution in [0.3, 0.4) is 0 Å². The molecular weight excluding hydrogens is 402 g/mol. The summed E-state index contributed by atoms with van der Waals surface area (Å²) in [5, 5.41) is 5.32. The zero-order valence-electron chi connectivity index (χ0n) is 18.1. The molecule has 1 aromatic carbocycles. The first-order chi connectivity index (χ1) is 15.6. The van der Waals surface area contributed by atoms with Gasteiger partial charge in [0.2, 0.25) is 0 Å². The molecule has 0 bridgehead atoms. The van der Waals surface area contributed by atoms with Gasteiger partial charge in [0.1, 0.15) is 12.0 Å². The van der Waals surface area contributed by atoms with Gasteiger partial charge in [-0.15, -0.1) is 5.10 Å². The average molecular weight is 425 g/mol. The van der Waals surface area contributed by atoms with Crippen LogP contribution in [-0.4, -0.2) is 33.9 Å². The molecule has 0 spiro atoms. The van der Waals surface area contributed by atoms with Crippen molar-refractivity contribution in [2.45, 2.75) is 31.7 Å². The fraction of sp³-hybridized carbons (Fsp3) is 0.292. The predicted octanol–water partition coefficient (Wildman–Crippen LogP) is 3.86. The summed E-state index contributed by atoms with van der Waals surface area (Å²) in [5.41, 5.74) is 5.56. The number of aryl methyl sites for hydroxylation is 2. The molecule has 8 heteroatoms. The molecule has 160 valence electrons. The molecule has 1 saturated carbocycles. The summed E-state index contributed by atoms with van der Waals surface area (Å²) in [7, 11) is 3.67. The van der Waals surface area contributed by atoms with Crippen molar-refractivity contribution in [1.29, 1.82) is 0 Å². The van der Waals surface area contributed by atoms with Crippen LogP contribution in [0.1, 0.15) is 31.7 Å². The van der Waals surface area contributed by atoms with E-state index < -0.39 is 0 Å². The van der Waals surface area contributed by atoms with E-state index in [1.165, 1.54) is 12.8 Å². The van der Waals surface area contributed by atoms with E-state index >= 15 is 0 Å². The van der Waals surface area contributed by atoms with E-state index in [9.17, 15) is 4.79 Å². The van der Waals surface area contributed by atoms with Crippen molar-refractivity contribution in [3.8, 4) is 22.6 Å². The minimum absolute atomic E-state index is 0.0421. The van der Waals surface area contributed by atoms with Gasteiger partial charge < -0.3 is 0 Å². The van der Waals surface area contributed by atoms with Crippen LogP contribution in [0, 0.1) is 0 Å². The molecule has 0 saturated heterocycles. The number of fused-ring (bicyclic) bond motifs is 3. The minimum Gasteiger partial charge on any atom is -0.293 e. The Morgan fingerprint density at radius 2 is 1.75 bits per heavy atom. The van der Waals surface area contributed by atoms with Gasteiger partial charge in [0, 0.05) is 37.3 Å². The minimum atomic E-state index is 0.0421.